The zero-order chi connectivity index (χ0) is 15.4. The molecule has 0 saturated heterocycles. The van der Waals surface area contributed by atoms with Crippen molar-refractivity contribution in [2.75, 3.05) is 5.32 Å². The number of hydrogen-bond acceptors (Lipinski definition) is 1. The van der Waals surface area contributed by atoms with Crippen LogP contribution in [0.25, 0.3) is 0 Å². The van der Waals surface area contributed by atoms with Gasteiger partial charge in [-0.3, -0.25) is 4.79 Å². The summed E-state index contributed by atoms with van der Waals surface area (Å²) < 4.78 is 0.823. The lowest BCUT2D eigenvalue weighted by Gasteiger charge is -2.11. The summed E-state index contributed by atoms with van der Waals surface area (Å²) in [6.07, 6.45) is 1.10. The van der Waals surface area contributed by atoms with Gasteiger partial charge in [-0.25, -0.2) is 0 Å². The lowest BCUT2D eigenvalue weighted by molar-refractivity contribution is 0.102. The van der Waals surface area contributed by atoms with E-state index in [-0.39, 0.29) is 5.91 Å². The molecule has 2 aromatic rings. The monoisotopic (exact) mass is 365 g/mol. The molecule has 0 spiro atoms. The van der Waals surface area contributed by atoms with Crippen LogP contribution in [-0.4, -0.2) is 5.91 Å². The van der Waals surface area contributed by atoms with Gasteiger partial charge in [-0.05, 0) is 48.2 Å². The standard InChI is InChI=1S/C17H17BrClNO/c1-3-11(2)12-4-7-14(8-5-12)20-17(21)15-10-13(18)6-9-16(15)19/h4-11H,3H2,1-2H3,(H,20,21)/t11-/m0/s1. The predicted molar refractivity (Wildman–Crippen MR) is 92.3 cm³/mol. The molecule has 0 heterocycles. The zero-order valence-corrected chi connectivity index (χ0v) is 14.3. The van der Waals surface area contributed by atoms with Crippen molar-refractivity contribution in [3.8, 4) is 0 Å². The van der Waals surface area contributed by atoms with Crippen LogP contribution in [0.1, 0.15) is 42.1 Å². The number of amides is 1. The Morgan fingerprint density at radius 2 is 1.90 bits per heavy atom. The second-order valence-corrected chi connectivity index (χ2v) is 6.33. The van der Waals surface area contributed by atoms with Crippen molar-refractivity contribution in [3.05, 3.63) is 63.1 Å². The molecule has 0 radical (unpaired) electrons. The highest BCUT2D eigenvalue weighted by Crippen LogP contribution is 2.23. The van der Waals surface area contributed by atoms with E-state index in [1.54, 1.807) is 18.2 Å². The first kappa shape index (κ1) is 16.1. The average Bonchev–Trinajstić information content (AvgIpc) is 2.49. The normalized spacial score (nSPS) is 12.0. The number of halogens is 2. The molecule has 0 fully saturated rings. The van der Waals surface area contributed by atoms with Gasteiger partial charge in [0.05, 0.1) is 10.6 Å². The number of carbonyl (C=O) groups is 1. The van der Waals surface area contributed by atoms with Gasteiger partial charge in [0.15, 0.2) is 0 Å². The largest absolute Gasteiger partial charge is 0.322 e. The van der Waals surface area contributed by atoms with Gasteiger partial charge in [-0.1, -0.05) is 53.5 Å². The van der Waals surface area contributed by atoms with Crippen molar-refractivity contribution >= 4 is 39.1 Å². The van der Waals surface area contributed by atoms with E-state index in [0.717, 1.165) is 16.6 Å². The van der Waals surface area contributed by atoms with Crippen molar-refractivity contribution in [3.63, 3.8) is 0 Å². The van der Waals surface area contributed by atoms with E-state index in [9.17, 15) is 4.79 Å². The van der Waals surface area contributed by atoms with E-state index >= 15 is 0 Å². The molecule has 0 aromatic heterocycles. The SMILES string of the molecule is CC[C@H](C)c1ccc(NC(=O)c2cc(Br)ccc2Cl)cc1. The number of anilines is 1. The van der Waals surface area contributed by atoms with Crippen LogP contribution in [0.4, 0.5) is 5.69 Å². The molecule has 2 rings (SSSR count). The maximum atomic E-state index is 12.2. The van der Waals surface area contributed by atoms with E-state index in [4.69, 9.17) is 11.6 Å². The van der Waals surface area contributed by atoms with E-state index in [1.165, 1.54) is 5.56 Å². The van der Waals surface area contributed by atoms with Gasteiger partial charge in [0, 0.05) is 10.2 Å². The molecule has 0 aliphatic heterocycles. The molecule has 21 heavy (non-hydrogen) atoms. The first-order valence-corrected chi connectivity index (χ1v) is 8.04. The van der Waals surface area contributed by atoms with Crippen LogP contribution in [0.2, 0.25) is 5.02 Å². The van der Waals surface area contributed by atoms with E-state index in [2.05, 4.69) is 35.1 Å². The van der Waals surface area contributed by atoms with Gasteiger partial charge in [-0.2, -0.15) is 0 Å². The minimum absolute atomic E-state index is 0.211. The summed E-state index contributed by atoms with van der Waals surface area (Å²) in [5, 5.41) is 3.30. The topological polar surface area (TPSA) is 29.1 Å². The van der Waals surface area contributed by atoms with E-state index < -0.39 is 0 Å². The molecule has 1 atom stereocenters. The molecular formula is C17H17BrClNO. The van der Waals surface area contributed by atoms with Gasteiger partial charge >= 0.3 is 0 Å². The second kappa shape index (κ2) is 7.10. The molecule has 2 aromatic carbocycles. The molecule has 0 bridgehead atoms. The van der Waals surface area contributed by atoms with Crippen LogP contribution in [0.5, 0.6) is 0 Å². The van der Waals surface area contributed by atoms with E-state index in [0.29, 0.717) is 16.5 Å². The summed E-state index contributed by atoms with van der Waals surface area (Å²) in [6, 6.07) is 13.2. The summed E-state index contributed by atoms with van der Waals surface area (Å²) >= 11 is 9.41. The summed E-state index contributed by atoms with van der Waals surface area (Å²) in [6.45, 7) is 4.35. The zero-order valence-electron chi connectivity index (χ0n) is 12.0. The number of carbonyl (C=O) groups excluding carboxylic acids is 1. The van der Waals surface area contributed by atoms with Gasteiger partial charge in [0.25, 0.3) is 5.91 Å². The average molecular weight is 367 g/mol. The Morgan fingerprint density at radius 1 is 1.24 bits per heavy atom. The minimum atomic E-state index is -0.211. The highest BCUT2D eigenvalue weighted by molar-refractivity contribution is 9.10. The quantitative estimate of drug-likeness (QED) is 0.720. The minimum Gasteiger partial charge on any atom is -0.322 e. The second-order valence-electron chi connectivity index (χ2n) is 5.01. The van der Waals surface area contributed by atoms with Crippen molar-refractivity contribution in [2.45, 2.75) is 26.2 Å². The van der Waals surface area contributed by atoms with Gasteiger partial charge in [0.1, 0.15) is 0 Å². The van der Waals surface area contributed by atoms with Crippen molar-refractivity contribution in [2.24, 2.45) is 0 Å². The summed E-state index contributed by atoms with van der Waals surface area (Å²) in [7, 11) is 0. The lowest BCUT2D eigenvalue weighted by Crippen LogP contribution is -2.12. The molecule has 4 heteroatoms. The molecule has 1 amide bonds. The van der Waals surface area contributed by atoms with Gasteiger partial charge in [-0.15, -0.1) is 0 Å². The van der Waals surface area contributed by atoms with Gasteiger partial charge < -0.3 is 5.32 Å². The number of hydrogen-bond donors (Lipinski definition) is 1. The van der Waals surface area contributed by atoms with Crippen LogP contribution in [0, 0.1) is 0 Å². The third-order valence-electron chi connectivity index (χ3n) is 3.52. The van der Waals surface area contributed by atoms with Crippen LogP contribution >= 0.6 is 27.5 Å². The maximum Gasteiger partial charge on any atom is 0.257 e. The molecule has 2 nitrogen and oxygen atoms in total. The number of benzene rings is 2. The van der Waals surface area contributed by atoms with Gasteiger partial charge in [0.2, 0.25) is 0 Å². The highest BCUT2D eigenvalue weighted by Gasteiger charge is 2.11. The molecule has 0 aliphatic rings. The third-order valence-corrected chi connectivity index (χ3v) is 4.35. The Labute approximate surface area is 138 Å². The summed E-state index contributed by atoms with van der Waals surface area (Å²) in [5.74, 6) is 0.312. The molecule has 0 saturated carbocycles. The van der Waals surface area contributed by atoms with E-state index in [1.807, 2.05) is 24.3 Å². The van der Waals surface area contributed by atoms with Crippen LogP contribution in [0.3, 0.4) is 0 Å². The highest BCUT2D eigenvalue weighted by atomic mass is 79.9. The molecule has 1 N–H and O–H groups in total. The fourth-order valence-corrected chi connectivity index (χ4v) is 2.57. The molecule has 110 valence electrons. The fourth-order valence-electron chi connectivity index (χ4n) is 2.00. The Hall–Kier alpha value is -1.32. The van der Waals surface area contributed by atoms with Crippen molar-refractivity contribution in [1.29, 1.82) is 0 Å². The van der Waals surface area contributed by atoms with Crippen LogP contribution in [0.15, 0.2) is 46.9 Å². The van der Waals surface area contributed by atoms with Crippen LogP contribution < -0.4 is 5.32 Å². The number of nitrogens with one attached hydrogen (secondary N) is 1. The third kappa shape index (κ3) is 4.08. The van der Waals surface area contributed by atoms with Crippen LogP contribution in [-0.2, 0) is 0 Å². The smallest absolute Gasteiger partial charge is 0.257 e. The predicted octanol–water partition coefficient (Wildman–Crippen LogP) is 5.87. The summed E-state index contributed by atoms with van der Waals surface area (Å²) in [5.41, 5.74) is 2.50. The summed E-state index contributed by atoms with van der Waals surface area (Å²) in [4.78, 5) is 12.2. The Kier molecular flexibility index (Phi) is 5.43. The Balaban J connectivity index is 2.14. The maximum absolute atomic E-state index is 12.2. The first-order valence-electron chi connectivity index (χ1n) is 6.87. The van der Waals surface area contributed by atoms with Crippen molar-refractivity contribution < 1.29 is 4.79 Å². The number of rotatable bonds is 4. The molecular weight excluding hydrogens is 350 g/mol. The fraction of sp³-hybridized carbons (Fsp3) is 0.235. The Bertz CT molecular complexity index is 640. The lowest BCUT2D eigenvalue weighted by atomic mass is 9.98. The van der Waals surface area contributed by atoms with Crippen molar-refractivity contribution in [1.82, 2.24) is 0 Å². The Morgan fingerprint density at radius 3 is 2.52 bits per heavy atom. The molecule has 0 unspecified atom stereocenters. The first-order chi connectivity index (χ1) is 10.0. The molecule has 0 aliphatic carbocycles.